The van der Waals surface area contributed by atoms with E-state index in [2.05, 4.69) is 183 Å². The van der Waals surface area contributed by atoms with Gasteiger partial charge in [0, 0.05) is 34.1 Å². The van der Waals surface area contributed by atoms with Crippen molar-refractivity contribution in [2.45, 2.75) is 47.0 Å². The van der Waals surface area contributed by atoms with Crippen molar-refractivity contribution >= 4 is 34.1 Å². The highest BCUT2D eigenvalue weighted by atomic mass is 15.1. The summed E-state index contributed by atoms with van der Waals surface area (Å²) in [5.41, 5.74) is 14.6. The minimum atomic E-state index is 1.03. The lowest BCUT2D eigenvalue weighted by atomic mass is 10.0. The van der Waals surface area contributed by atoms with E-state index in [9.17, 15) is 0 Å². The molecule has 0 saturated carbocycles. The van der Waals surface area contributed by atoms with E-state index in [1.165, 1.54) is 33.4 Å². The minimum absolute atomic E-state index is 1.03. The second kappa shape index (κ2) is 13.7. The van der Waals surface area contributed by atoms with Crippen molar-refractivity contribution in [3.8, 4) is 11.1 Å². The number of rotatable bonds is 10. The van der Waals surface area contributed by atoms with Crippen molar-refractivity contribution in [3.05, 3.63) is 168 Å². The highest BCUT2D eigenvalue weighted by Crippen LogP contribution is 2.38. The van der Waals surface area contributed by atoms with Gasteiger partial charge in [-0.2, -0.15) is 0 Å². The van der Waals surface area contributed by atoms with Crippen LogP contribution in [-0.2, 0) is 19.3 Å². The quantitative estimate of drug-likeness (QED) is 0.157. The average molecular weight is 587 g/mol. The fourth-order valence-electron chi connectivity index (χ4n) is 5.84. The lowest BCUT2D eigenvalue weighted by Crippen LogP contribution is -2.10. The molecule has 6 rings (SSSR count). The Labute approximate surface area is 269 Å². The van der Waals surface area contributed by atoms with Crippen molar-refractivity contribution in [2.75, 3.05) is 9.80 Å². The van der Waals surface area contributed by atoms with Gasteiger partial charge >= 0.3 is 0 Å². The molecule has 0 radical (unpaired) electrons. The zero-order chi connectivity index (χ0) is 31.2. The van der Waals surface area contributed by atoms with Crippen molar-refractivity contribution in [1.29, 1.82) is 0 Å². The molecule has 0 aliphatic rings. The molecule has 0 unspecified atom stereocenters. The normalized spacial score (nSPS) is 10.9. The largest absolute Gasteiger partial charge is 0.311 e. The molecule has 0 atom stereocenters. The van der Waals surface area contributed by atoms with Crippen LogP contribution >= 0.6 is 0 Å². The summed E-state index contributed by atoms with van der Waals surface area (Å²) < 4.78 is 0. The van der Waals surface area contributed by atoms with Crippen LogP contribution in [0.1, 0.15) is 43.0 Å². The van der Waals surface area contributed by atoms with Crippen LogP contribution in [-0.4, -0.2) is 0 Å². The molecular weight excluding hydrogens is 544 g/mol. The third kappa shape index (κ3) is 6.71. The van der Waals surface area contributed by atoms with Crippen LogP contribution in [0.4, 0.5) is 34.1 Å². The number of nitrogens with zero attached hydrogens (tertiary/aromatic N) is 2. The van der Waals surface area contributed by atoms with Crippen LogP contribution in [0.3, 0.4) is 0 Å². The maximum absolute atomic E-state index is 2.34. The lowest BCUT2D eigenvalue weighted by molar-refractivity contribution is 1.13. The molecule has 0 heterocycles. The number of benzene rings is 6. The number of hydrogen-bond donors (Lipinski definition) is 0. The average Bonchev–Trinajstić information content (AvgIpc) is 3.11. The Bertz CT molecular complexity index is 1750. The Morgan fingerprint density at radius 1 is 0.311 bits per heavy atom. The van der Waals surface area contributed by atoms with E-state index in [4.69, 9.17) is 0 Å². The standard InChI is InChI=1S/C43H42N2/c1-5-33-10-22-39(23-11-33)44(38-20-8-32(4)9-21-38)42-28-16-36(17-29-42)37-18-30-43(31-19-37)45(40-24-12-34(6-2)13-25-40)41-26-14-35(7-3)15-27-41/h8-31H,5-7H2,1-4H3. The summed E-state index contributed by atoms with van der Waals surface area (Å²) in [7, 11) is 0. The molecular formula is C43H42N2. The molecule has 0 N–H and O–H groups in total. The van der Waals surface area contributed by atoms with Gasteiger partial charge in [0.25, 0.3) is 0 Å². The zero-order valence-corrected chi connectivity index (χ0v) is 26.9. The minimum Gasteiger partial charge on any atom is -0.311 e. The van der Waals surface area contributed by atoms with Crippen LogP contribution < -0.4 is 9.80 Å². The highest BCUT2D eigenvalue weighted by Gasteiger charge is 2.15. The third-order valence-electron chi connectivity index (χ3n) is 8.68. The molecule has 6 aromatic carbocycles. The van der Waals surface area contributed by atoms with Gasteiger partial charge < -0.3 is 9.80 Å². The summed E-state index contributed by atoms with van der Waals surface area (Å²) in [5, 5.41) is 0. The number of anilines is 6. The Balaban J connectivity index is 1.31. The predicted octanol–water partition coefficient (Wildman–Crippen LogP) is 12.3. The van der Waals surface area contributed by atoms with Gasteiger partial charge in [0.2, 0.25) is 0 Å². The van der Waals surface area contributed by atoms with Crippen molar-refractivity contribution in [2.24, 2.45) is 0 Å². The van der Waals surface area contributed by atoms with Crippen LogP contribution in [0.25, 0.3) is 11.1 Å². The second-order valence-electron chi connectivity index (χ2n) is 11.7. The summed E-state index contributed by atoms with van der Waals surface area (Å²) in [4.78, 5) is 4.67. The van der Waals surface area contributed by atoms with Crippen molar-refractivity contribution < 1.29 is 0 Å². The Morgan fingerprint density at radius 2 is 0.533 bits per heavy atom. The van der Waals surface area contributed by atoms with E-state index >= 15 is 0 Å². The van der Waals surface area contributed by atoms with Gasteiger partial charge in [-0.05, 0) is 127 Å². The Morgan fingerprint density at radius 3 is 0.778 bits per heavy atom. The maximum atomic E-state index is 2.34. The Kier molecular flexibility index (Phi) is 9.12. The molecule has 0 fully saturated rings. The number of hydrogen-bond acceptors (Lipinski definition) is 2. The molecule has 0 saturated heterocycles. The molecule has 0 aliphatic heterocycles. The van der Waals surface area contributed by atoms with Gasteiger partial charge in [0.15, 0.2) is 0 Å². The summed E-state index contributed by atoms with van der Waals surface area (Å²) in [6, 6.07) is 53.4. The highest BCUT2D eigenvalue weighted by molar-refractivity contribution is 5.81. The summed E-state index contributed by atoms with van der Waals surface area (Å²) >= 11 is 0. The lowest BCUT2D eigenvalue weighted by Gasteiger charge is -2.26. The first kappa shape index (κ1) is 30.0. The summed E-state index contributed by atoms with van der Waals surface area (Å²) in [6.07, 6.45) is 3.10. The molecule has 45 heavy (non-hydrogen) atoms. The molecule has 224 valence electrons. The van der Waals surface area contributed by atoms with E-state index < -0.39 is 0 Å². The van der Waals surface area contributed by atoms with Gasteiger partial charge in [0.05, 0.1) is 0 Å². The smallest absolute Gasteiger partial charge is 0.0462 e. The molecule has 2 nitrogen and oxygen atoms in total. The first-order valence-corrected chi connectivity index (χ1v) is 16.2. The van der Waals surface area contributed by atoms with Crippen molar-refractivity contribution in [3.63, 3.8) is 0 Å². The summed E-state index contributed by atoms with van der Waals surface area (Å²) in [5.74, 6) is 0. The Hall–Kier alpha value is -5.08. The van der Waals surface area contributed by atoms with E-state index in [0.717, 1.165) is 53.4 Å². The molecule has 0 spiro atoms. The zero-order valence-electron chi connectivity index (χ0n) is 26.9. The van der Waals surface area contributed by atoms with E-state index in [0.29, 0.717) is 0 Å². The maximum Gasteiger partial charge on any atom is 0.0462 e. The molecule has 0 aromatic heterocycles. The van der Waals surface area contributed by atoms with Crippen LogP contribution in [0.5, 0.6) is 0 Å². The van der Waals surface area contributed by atoms with E-state index in [1.807, 2.05) is 0 Å². The predicted molar refractivity (Wildman–Crippen MR) is 194 cm³/mol. The fourth-order valence-corrected chi connectivity index (χ4v) is 5.84. The third-order valence-corrected chi connectivity index (χ3v) is 8.68. The van der Waals surface area contributed by atoms with E-state index in [1.54, 1.807) is 0 Å². The first-order valence-electron chi connectivity index (χ1n) is 16.2. The SMILES string of the molecule is CCc1ccc(N(c2ccc(C)cc2)c2ccc(-c3ccc(N(c4ccc(CC)cc4)c4ccc(CC)cc4)cc3)cc2)cc1. The first-order chi connectivity index (χ1) is 22.1. The van der Waals surface area contributed by atoms with Crippen LogP contribution in [0.15, 0.2) is 146 Å². The fraction of sp³-hybridized carbons (Fsp3) is 0.163. The molecule has 0 aliphatic carbocycles. The molecule has 2 heteroatoms. The van der Waals surface area contributed by atoms with Gasteiger partial charge in [-0.15, -0.1) is 0 Å². The number of aryl methyl sites for hydroxylation is 4. The van der Waals surface area contributed by atoms with Gasteiger partial charge in [-0.25, -0.2) is 0 Å². The topological polar surface area (TPSA) is 6.48 Å². The molecule has 0 bridgehead atoms. The van der Waals surface area contributed by atoms with Gasteiger partial charge in [0.1, 0.15) is 0 Å². The second-order valence-corrected chi connectivity index (χ2v) is 11.7. The molecule has 6 aromatic rings. The molecule has 0 amide bonds. The van der Waals surface area contributed by atoms with Crippen molar-refractivity contribution in [1.82, 2.24) is 0 Å². The summed E-state index contributed by atoms with van der Waals surface area (Å²) in [6.45, 7) is 8.73. The van der Waals surface area contributed by atoms with Gasteiger partial charge in [-0.3, -0.25) is 0 Å². The van der Waals surface area contributed by atoms with Crippen LogP contribution in [0, 0.1) is 6.92 Å². The van der Waals surface area contributed by atoms with Crippen LogP contribution in [0.2, 0.25) is 0 Å². The monoisotopic (exact) mass is 586 g/mol. The van der Waals surface area contributed by atoms with Gasteiger partial charge in [-0.1, -0.05) is 99.1 Å². The van der Waals surface area contributed by atoms with E-state index in [-0.39, 0.29) is 0 Å².